The second-order valence-corrected chi connectivity index (χ2v) is 11.2. The highest BCUT2D eigenvalue weighted by molar-refractivity contribution is 7.89. The summed E-state index contributed by atoms with van der Waals surface area (Å²) in [6, 6.07) is 17.0. The van der Waals surface area contributed by atoms with Gasteiger partial charge in [-0.15, -0.1) is 0 Å². The molecule has 3 aromatic rings. The molecule has 41 heavy (non-hydrogen) atoms. The van der Waals surface area contributed by atoms with E-state index in [0.29, 0.717) is 11.1 Å². The van der Waals surface area contributed by atoms with Gasteiger partial charge in [0, 0.05) is 18.3 Å². The Labute approximate surface area is 236 Å². The van der Waals surface area contributed by atoms with Gasteiger partial charge in [-0.2, -0.15) is 4.31 Å². The summed E-state index contributed by atoms with van der Waals surface area (Å²) in [5.74, 6) is -1.92. The summed E-state index contributed by atoms with van der Waals surface area (Å²) in [7, 11) is -2.22. The van der Waals surface area contributed by atoms with Crippen LogP contribution in [0.5, 0.6) is 0 Å². The number of methoxy groups -OCH3 is 2. The van der Waals surface area contributed by atoms with E-state index >= 15 is 0 Å². The van der Waals surface area contributed by atoms with Crippen molar-refractivity contribution in [2.75, 3.05) is 14.2 Å². The highest BCUT2D eigenvalue weighted by Crippen LogP contribution is 2.51. The summed E-state index contributed by atoms with van der Waals surface area (Å²) in [4.78, 5) is 39.2. The Kier molecular flexibility index (Phi) is 7.20. The maximum absolute atomic E-state index is 14.6. The van der Waals surface area contributed by atoms with E-state index < -0.39 is 39.1 Å². The number of nitro benzene ring substituents is 1. The van der Waals surface area contributed by atoms with Gasteiger partial charge in [-0.05, 0) is 41.8 Å². The van der Waals surface area contributed by atoms with E-state index in [9.17, 15) is 28.1 Å². The Morgan fingerprint density at radius 2 is 1.61 bits per heavy atom. The maximum Gasteiger partial charge on any atom is 0.355 e. The highest BCUT2D eigenvalue weighted by Gasteiger charge is 2.53. The number of rotatable bonds is 6. The molecule has 0 amide bonds. The van der Waals surface area contributed by atoms with Gasteiger partial charge in [-0.3, -0.25) is 10.1 Å². The number of ether oxygens (including phenoxy) is 2. The van der Waals surface area contributed by atoms with Crippen LogP contribution in [0.3, 0.4) is 0 Å². The van der Waals surface area contributed by atoms with Crippen LogP contribution in [-0.2, 0) is 29.1 Å². The molecule has 2 aliphatic heterocycles. The average molecular weight is 576 g/mol. The average Bonchev–Trinajstić information content (AvgIpc) is 2.99. The van der Waals surface area contributed by atoms with Gasteiger partial charge in [-0.25, -0.2) is 18.0 Å². The van der Waals surface area contributed by atoms with E-state index in [1.165, 1.54) is 47.5 Å². The number of nitro groups is 1. The number of hydrogen-bond donors (Lipinski definition) is 0. The van der Waals surface area contributed by atoms with E-state index in [-0.39, 0.29) is 27.4 Å². The van der Waals surface area contributed by atoms with Crippen LogP contribution in [0.15, 0.2) is 95.2 Å². The summed E-state index contributed by atoms with van der Waals surface area (Å²) >= 11 is 0. The van der Waals surface area contributed by atoms with Crippen molar-refractivity contribution in [3.63, 3.8) is 0 Å². The molecule has 0 fully saturated rings. The lowest BCUT2D eigenvalue weighted by molar-refractivity contribution is -0.384. The fourth-order valence-electron chi connectivity index (χ4n) is 5.14. The molecule has 11 nitrogen and oxygen atoms in total. The smallest absolute Gasteiger partial charge is 0.355 e. The topological polar surface area (TPSA) is 136 Å². The van der Waals surface area contributed by atoms with Gasteiger partial charge < -0.3 is 14.4 Å². The van der Waals surface area contributed by atoms with Crippen molar-refractivity contribution in [3.8, 4) is 0 Å². The van der Waals surface area contributed by atoms with E-state index in [0.717, 1.165) is 24.1 Å². The molecular formula is C29H25N3O8S. The summed E-state index contributed by atoms with van der Waals surface area (Å²) in [5, 5.41) is 11.7. The molecule has 5 rings (SSSR count). The molecule has 0 aliphatic carbocycles. The van der Waals surface area contributed by atoms with Gasteiger partial charge >= 0.3 is 11.9 Å². The molecule has 0 saturated carbocycles. The Morgan fingerprint density at radius 1 is 0.927 bits per heavy atom. The first-order valence-corrected chi connectivity index (χ1v) is 13.8. The van der Waals surface area contributed by atoms with Crippen LogP contribution in [-0.4, -0.2) is 48.7 Å². The minimum absolute atomic E-state index is 0.0729. The van der Waals surface area contributed by atoms with Crippen LogP contribution in [0, 0.1) is 17.0 Å². The van der Waals surface area contributed by atoms with Crippen molar-refractivity contribution in [1.29, 1.82) is 0 Å². The van der Waals surface area contributed by atoms with Gasteiger partial charge in [-0.1, -0.05) is 54.1 Å². The van der Waals surface area contributed by atoms with E-state index in [1.54, 1.807) is 42.5 Å². The molecule has 210 valence electrons. The Hall–Kier alpha value is -4.81. The number of esters is 2. The zero-order chi connectivity index (χ0) is 29.5. The van der Waals surface area contributed by atoms with Crippen molar-refractivity contribution in [3.05, 3.63) is 123 Å². The zero-order valence-electron chi connectivity index (χ0n) is 22.3. The Bertz CT molecular complexity index is 1730. The first-order valence-electron chi connectivity index (χ1n) is 12.4. The van der Waals surface area contributed by atoms with Crippen molar-refractivity contribution < 1.29 is 32.4 Å². The van der Waals surface area contributed by atoms with Gasteiger partial charge in [0.05, 0.1) is 35.7 Å². The number of sulfonamides is 1. The van der Waals surface area contributed by atoms with Crippen LogP contribution in [0.4, 0.5) is 5.69 Å². The van der Waals surface area contributed by atoms with Crippen molar-refractivity contribution >= 4 is 33.7 Å². The third kappa shape index (κ3) is 4.66. The van der Waals surface area contributed by atoms with E-state index in [4.69, 9.17) is 9.47 Å². The number of hydrogen-bond acceptors (Lipinski definition) is 9. The van der Waals surface area contributed by atoms with Crippen molar-refractivity contribution in [2.24, 2.45) is 0 Å². The lowest BCUT2D eigenvalue weighted by Gasteiger charge is -2.49. The number of non-ortho nitro benzene ring substituents is 1. The Morgan fingerprint density at radius 3 is 2.27 bits per heavy atom. The molecule has 0 radical (unpaired) electrons. The van der Waals surface area contributed by atoms with Crippen LogP contribution in [0.2, 0.25) is 0 Å². The molecule has 0 bridgehead atoms. The second-order valence-electron chi connectivity index (χ2n) is 9.37. The number of carbonyl (C=O) groups excluding carboxylic acids is 2. The SMILES string of the molecule is COC(=O)C1=C(C(=O)OC)N2C=Cc3ccccc3[C@@H]2N(S(=O)(=O)c2ccc(C)cc2)[C@@H]1c1cccc([N+](=O)[O-])c1. The van der Waals surface area contributed by atoms with Crippen molar-refractivity contribution in [2.45, 2.75) is 24.0 Å². The maximum atomic E-state index is 14.6. The van der Waals surface area contributed by atoms with Crippen LogP contribution in [0.25, 0.3) is 6.08 Å². The van der Waals surface area contributed by atoms with Gasteiger partial charge in [0.2, 0.25) is 10.0 Å². The molecule has 0 unspecified atom stereocenters. The van der Waals surface area contributed by atoms with Crippen molar-refractivity contribution in [1.82, 2.24) is 9.21 Å². The molecule has 0 aromatic heterocycles. The summed E-state index contributed by atoms with van der Waals surface area (Å²) in [6.07, 6.45) is 2.02. The predicted molar refractivity (Wildman–Crippen MR) is 147 cm³/mol. The lowest BCUT2D eigenvalue weighted by Crippen LogP contribution is -2.52. The fraction of sp³-hybridized carbons (Fsp3) is 0.172. The number of carbonyl (C=O) groups is 2. The first-order chi connectivity index (χ1) is 19.6. The first kappa shape index (κ1) is 27.7. The number of nitrogens with zero attached hydrogens (tertiary/aromatic N) is 3. The largest absolute Gasteiger partial charge is 0.466 e. The van der Waals surface area contributed by atoms with Crippen LogP contribution >= 0.6 is 0 Å². The summed E-state index contributed by atoms with van der Waals surface area (Å²) in [6.45, 7) is 1.81. The van der Waals surface area contributed by atoms with Gasteiger partial charge in [0.25, 0.3) is 5.69 Å². The molecular weight excluding hydrogens is 550 g/mol. The normalized spacial score (nSPS) is 18.4. The quantitative estimate of drug-likeness (QED) is 0.240. The molecule has 0 saturated heterocycles. The van der Waals surface area contributed by atoms with Gasteiger partial charge in [0.15, 0.2) is 0 Å². The predicted octanol–water partition coefficient (Wildman–Crippen LogP) is 4.23. The summed E-state index contributed by atoms with van der Waals surface area (Å²) in [5.41, 5.74) is 1.19. The fourth-order valence-corrected chi connectivity index (χ4v) is 6.84. The Balaban J connectivity index is 1.93. The standard InChI is InChI=1S/C29H25N3O8S/c1-18-11-13-22(14-12-18)41(37,38)31-25(20-8-6-9-21(17-20)32(35)36)24(28(33)39-2)26(29(34)40-3)30-16-15-19-7-4-5-10-23(19)27(30)31/h4-17,25,27H,1-3H3/t25-,27+/m1/s1. The van der Waals surface area contributed by atoms with Crippen LogP contribution in [0.1, 0.15) is 34.5 Å². The number of benzene rings is 3. The van der Waals surface area contributed by atoms with E-state index in [1.807, 2.05) is 6.92 Å². The van der Waals surface area contributed by atoms with Gasteiger partial charge in [0.1, 0.15) is 11.9 Å². The molecule has 2 heterocycles. The van der Waals surface area contributed by atoms with Crippen LogP contribution < -0.4 is 0 Å². The molecule has 12 heteroatoms. The number of aryl methyl sites for hydroxylation is 1. The number of fused-ring (bicyclic) bond motifs is 3. The minimum Gasteiger partial charge on any atom is -0.466 e. The minimum atomic E-state index is -4.46. The lowest BCUT2D eigenvalue weighted by atomic mass is 9.89. The molecule has 0 spiro atoms. The third-order valence-corrected chi connectivity index (χ3v) is 8.85. The monoisotopic (exact) mass is 575 g/mol. The third-order valence-electron chi connectivity index (χ3n) is 7.01. The molecule has 2 atom stereocenters. The zero-order valence-corrected chi connectivity index (χ0v) is 23.1. The molecule has 3 aromatic carbocycles. The summed E-state index contributed by atoms with van der Waals surface area (Å²) < 4.78 is 40.5. The van der Waals surface area contributed by atoms with E-state index in [2.05, 4.69) is 0 Å². The molecule has 0 N–H and O–H groups in total. The highest BCUT2D eigenvalue weighted by atomic mass is 32.2. The molecule has 2 aliphatic rings. The second kappa shape index (κ2) is 10.6.